The Morgan fingerprint density at radius 3 is 2.55 bits per heavy atom. The quantitative estimate of drug-likeness (QED) is 0.863. The molecule has 1 amide bonds. The third-order valence-electron chi connectivity index (χ3n) is 2.83. The number of para-hydroxylation sites is 1. The first-order valence-corrected chi connectivity index (χ1v) is 6.45. The lowest BCUT2D eigenvalue weighted by atomic mass is 10.1. The van der Waals surface area contributed by atoms with Crippen LogP contribution in [0.25, 0.3) is 0 Å². The third-order valence-corrected chi connectivity index (χ3v) is 2.83. The van der Waals surface area contributed by atoms with E-state index in [-0.39, 0.29) is 22.8 Å². The van der Waals surface area contributed by atoms with E-state index in [1.165, 1.54) is 31.2 Å². The maximum Gasteiger partial charge on any atom is 0.262 e. The van der Waals surface area contributed by atoms with E-state index >= 15 is 0 Å². The molecule has 0 fully saturated rings. The number of anilines is 1. The summed E-state index contributed by atoms with van der Waals surface area (Å²) in [6.07, 6.45) is 0. The minimum Gasteiger partial charge on any atom is -0.483 e. The molecule has 6 heteroatoms. The molecule has 0 saturated carbocycles. The first-order chi connectivity index (χ1) is 10.5. The van der Waals surface area contributed by atoms with Crippen LogP contribution in [0.1, 0.15) is 17.3 Å². The van der Waals surface area contributed by atoms with Gasteiger partial charge >= 0.3 is 0 Å². The molecule has 2 aromatic rings. The van der Waals surface area contributed by atoms with Gasteiger partial charge in [0.2, 0.25) is 0 Å². The number of carbonyl (C=O) groups excluding carboxylic acids is 2. The van der Waals surface area contributed by atoms with Crippen LogP contribution in [0, 0.1) is 11.6 Å². The smallest absolute Gasteiger partial charge is 0.262 e. The van der Waals surface area contributed by atoms with Crippen LogP contribution in [0.5, 0.6) is 5.75 Å². The van der Waals surface area contributed by atoms with Gasteiger partial charge in [0.25, 0.3) is 5.91 Å². The highest BCUT2D eigenvalue weighted by atomic mass is 19.1. The van der Waals surface area contributed by atoms with E-state index in [0.29, 0.717) is 0 Å². The van der Waals surface area contributed by atoms with Gasteiger partial charge in [-0.15, -0.1) is 0 Å². The zero-order valence-corrected chi connectivity index (χ0v) is 11.7. The number of amides is 1. The van der Waals surface area contributed by atoms with E-state index < -0.39 is 24.1 Å². The number of halogens is 2. The Kier molecular flexibility index (Phi) is 4.83. The van der Waals surface area contributed by atoms with E-state index in [2.05, 4.69) is 5.32 Å². The van der Waals surface area contributed by atoms with Crippen LogP contribution in [0.3, 0.4) is 0 Å². The minimum atomic E-state index is -0.594. The number of ketones is 1. The van der Waals surface area contributed by atoms with Gasteiger partial charge in [0.1, 0.15) is 17.4 Å². The molecule has 0 bridgehead atoms. The Morgan fingerprint density at radius 2 is 1.86 bits per heavy atom. The second-order valence-corrected chi connectivity index (χ2v) is 4.51. The van der Waals surface area contributed by atoms with Crippen molar-refractivity contribution in [1.82, 2.24) is 0 Å². The summed E-state index contributed by atoms with van der Waals surface area (Å²) in [5, 5.41) is 2.34. The molecule has 0 aliphatic rings. The fourth-order valence-electron chi connectivity index (χ4n) is 1.80. The summed E-state index contributed by atoms with van der Waals surface area (Å²) in [5.74, 6) is -2.03. The van der Waals surface area contributed by atoms with E-state index in [1.807, 2.05) is 0 Å². The van der Waals surface area contributed by atoms with Gasteiger partial charge in [-0.25, -0.2) is 8.78 Å². The lowest BCUT2D eigenvalue weighted by molar-refractivity contribution is -0.118. The molecule has 0 aromatic heterocycles. The van der Waals surface area contributed by atoms with E-state index in [9.17, 15) is 18.4 Å². The number of ether oxygens (including phenoxy) is 1. The highest BCUT2D eigenvalue weighted by Crippen LogP contribution is 2.20. The number of rotatable bonds is 5. The zero-order chi connectivity index (χ0) is 16.1. The van der Waals surface area contributed by atoms with Crippen LogP contribution in [-0.2, 0) is 4.79 Å². The standard InChI is InChI=1S/C16H13F2NO3/c1-10(20)12-8-11(17)6-7-15(12)22-9-16(21)19-14-5-3-2-4-13(14)18/h2-8H,9H2,1H3,(H,19,21). The SMILES string of the molecule is CC(=O)c1cc(F)ccc1OCC(=O)Nc1ccccc1F. The summed E-state index contributed by atoms with van der Waals surface area (Å²) in [6, 6.07) is 9.12. The summed E-state index contributed by atoms with van der Waals surface area (Å²) < 4.78 is 31.7. The average molecular weight is 305 g/mol. The summed E-state index contributed by atoms with van der Waals surface area (Å²) >= 11 is 0. The molecule has 0 aliphatic heterocycles. The van der Waals surface area contributed by atoms with Gasteiger partial charge in [0.15, 0.2) is 12.4 Å². The fraction of sp³-hybridized carbons (Fsp3) is 0.125. The van der Waals surface area contributed by atoms with Crippen molar-refractivity contribution in [2.45, 2.75) is 6.92 Å². The third kappa shape index (κ3) is 3.88. The van der Waals surface area contributed by atoms with E-state index in [1.54, 1.807) is 6.07 Å². The Labute approximate surface area is 125 Å². The summed E-state index contributed by atoms with van der Waals surface area (Å²) in [7, 11) is 0. The molecule has 0 aliphatic carbocycles. The number of nitrogens with one attached hydrogen (secondary N) is 1. The summed E-state index contributed by atoms with van der Waals surface area (Å²) in [5.41, 5.74) is 0.0701. The normalized spacial score (nSPS) is 10.1. The molecule has 22 heavy (non-hydrogen) atoms. The molecule has 0 atom stereocenters. The van der Waals surface area contributed by atoms with Crippen molar-refractivity contribution in [1.29, 1.82) is 0 Å². The van der Waals surface area contributed by atoms with Crippen LogP contribution in [0.15, 0.2) is 42.5 Å². The number of Topliss-reactive ketones (excluding diaryl/α,β-unsaturated/α-hetero) is 1. The fourth-order valence-corrected chi connectivity index (χ4v) is 1.80. The van der Waals surface area contributed by atoms with Crippen LogP contribution >= 0.6 is 0 Å². The first kappa shape index (κ1) is 15.6. The van der Waals surface area contributed by atoms with Gasteiger partial charge in [-0.3, -0.25) is 9.59 Å². The zero-order valence-electron chi connectivity index (χ0n) is 11.7. The Bertz CT molecular complexity index is 716. The second kappa shape index (κ2) is 6.80. The molecule has 0 saturated heterocycles. The second-order valence-electron chi connectivity index (χ2n) is 4.51. The summed E-state index contributed by atoms with van der Waals surface area (Å²) in [6.45, 7) is 0.835. The van der Waals surface area contributed by atoms with Crippen LogP contribution < -0.4 is 10.1 Å². The molecular formula is C16H13F2NO3. The summed E-state index contributed by atoms with van der Waals surface area (Å²) in [4.78, 5) is 23.1. The van der Waals surface area contributed by atoms with Crippen LogP contribution in [0.2, 0.25) is 0 Å². The van der Waals surface area contributed by atoms with Gasteiger partial charge in [0, 0.05) is 0 Å². The van der Waals surface area contributed by atoms with Crippen molar-refractivity contribution in [2.75, 3.05) is 11.9 Å². The minimum absolute atomic E-state index is 0.0296. The van der Waals surface area contributed by atoms with Crippen molar-refractivity contribution in [3.63, 3.8) is 0 Å². The van der Waals surface area contributed by atoms with Gasteiger partial charge in [-0.1, -0.05) is 12.1 Å². The lowest BCUT2D eigenvalue weighted by Crippen LogP contribution is -2.21. The van der Waals surface area contributed by atoms with E-state index in [0.717, 1.165) is 12.1 Å². The molecule has 1 N–H and O–H groups in total. The molecule has 0 spiro atoms. The highest BCUT2D eigenvalue weighted by molar-refractivity contribution is 5.97. The maximum absolute atomic E-state index is 13.4. The molecule has 2 rings (SSSR count). The maximum atomic E-state index is 13.4. The molecule has 0 unspecified atom stereocenters. The Balaban J connectivity index is 2.03. The van der Waals surface area contributed by atoms with Crippen molar-refractivity contribution in [3.05, 3.63) is 59.7 Å². The Hall–Kier alpha value is -2.76. The highest BCUT2D eigenvalue weighted by Gasteiger charge is 2.12. The topological polar surface area (TPSA) is 55.4 Å². The molecular weight excluding hydrogens is 292 g/mol. The van der Waals surface area contributed by atoms with Crippen LogP contribution in [0.4, 0.5) is 14.5 Å². The van der Waals surface area contributed by atoms with Gasteiger partial charge in [0.05, 0.1) is 11.3 Å². The average Bonchev–Trinajstić information content (AvgIpc) is 2.48. The Morgan fingerprint density at radius 1 is 1.14 bits per heavy atom. The van der Waals surface area contributed by atoms with Gasteiger partial charge in [-0.05, 0) is 37.3 Å². The number of benzene rings is 2. The van der Waals surface area contributed by atoms with Crippen molar-refractivity contribution >= 4 is 17.4 Å². The molecule has 2 aromatic carbocycles. The first-order valence-electron chi connectivity index (χ1n) is 6.45. The number of carbonyl (C=O) groups is 2. The molecule has 114 valence electrons. The lowest BCUT2D eigenvalue weighted by Gasteiger charge is -2.10. The van der Waals surface area contributed by atoms with Gasteiger partial charge in [-0.2, -0.15) is 0 Å². The van der Waals surface area contributed by atoms with Crippen LogP contribution in [-0.4, -0.2) is 18.3 Å². The number of hydrogen-bond acceptors (Lipinski definition) is 3. The van der Waals surface area contributed by atoms with Crippen molar-refractivity contribution in [2.24, 2.45) is 0 Å². The predicted molar refractivity (Wildman–Crippen MR) is 76.9 cm³/mol. The van der Waals surface area contributed by atoms with Crippen molar-refractivity contribution < 1.29 is 23.1 Å². The molecule has 4 nitrogen and oxygen atoms in total. The monoisotopic (exact) mass is 305 g/mol. The largest absolute Gasteiger partial charge is 0.483 e. The van der Waals surface area contributed by atoms with E-state index in [4.69, 9.17) is 4.74 Å². The predicted octanol–water partition coefficient (Wildman–Crippen LogP) is 3.18. The van der Waals surface area contributed by atoms with Gasteiger partial charge < -0.3 is 10.1 Å². The number of hydrogen-bond donors (Lipinski definition) is 1. The van der Waals surface area contributed by atoms with Crippen molar-refractivity contribution in [3.8, 4) is 5.75 Å². The molecule has 0 heterocycles. The molecule has 0 radical (unpaired) electrons.